The molecule has 4 heterocycles. The lowest BCUT2D eigenvalue weighted by atomic mass is 10.0. The van der Waals surface area contributed by atoms with E-state index >= 15 is 0 Å². The normalized spacial score (nSPS) is 11.9. The van der Waals surface area contributed by atoms with E-state index < -0.39 is 15.8 Å². The van der Waals surface area contributed by atoms with E-state index in [9.17, 15) is 17.6 Å². The summed E-state index contributed by atoms with van der Waals surface area (Å²) < 4.78 is 40.1. The molecule has 224 valence electrons. The third kappa shape index (κ3) is 6.34. The first-order chi connectivity index (χ1) is 21.0. The minimum absolute atomic E-state index is 0.0412. The number of nitrogens with zero attached hydrogens (tertiary/aromatic N) is 4. The van der Waals surface area contributed by atoms with Crippen molar-refractivity contribution in [2.24, 2.45) is 0 Å². The molecule has 1 amide bonds. The molecular formula is C31H29FN8O3S. The van der Waals surface area contributed by atoms with Crippen molar-refractivity contribution in [3.63, 3.8) is 0 Å². The van der Waals surface area contributed by atoms with Crippen LogP contribution in [0.5, 0.6) is 0 Å². The van der Waals surface area contributed by atoms with Crippen molar-refractivity contribution >= 4 is 43.4 Å². The maximum Gasteiger partial charge on any atom is 0.238 e. The zero-order chi connectivity index (χ0) is 31.0. The van der Waals surface area contributed by atoms with Crippen LogP contribution in [-0.2, 0) is 21.4 Å². The standard InChI is InChI=1S/C31H29FN8O3S/c1-40(2)17-29(41)36-23-11-21(15-33-16-23)19-4-5-27-24(12-19)31(39-38-27)28-13-25-26(37-28)6-7-34-30(25)20-8-18(9-22(32)10-20)14-35-44(3,42)43/h4-13,15-16,35,37H,14,17H2,1-3H3,(H,36,41)(H,38,39). The summed E-state index contributed by atoms with van der Waals surface area (Å²) in [6, 6.07) is 15.9. The Kier molecular flexibility index (Phi) is 7.67. The first-order valence-corrected chi connectivity index (χ1v) is 15.5. The predicted molar refractivity (Wildman–Crippen MR) is 169 cm³/mol. The topological polar surface area (TPSA) is 149 Å². The number of pyridine rings is 2. The van der Waals surface area contributed by atoms with E-state index in [4.69, 9.17) is 0 Å². The molecule has 0 fully saturated rings. The van der Waals surface area contributed by atoms with Crippen LogP contribution in [-0.4, -0.2) is 71.3 Å². The molecule has 0 bridgehead atoms. The summed E-state index contributed by atoms with van der Waals surface area (Å²) in [5, 5.41) is 12.2. The molecule has 4 aromatic heterocycles. The summed E-state index contributed by atoms with van der Waals surface area (Å²) in [4.78, 5) is 26.3. The molecule has 6 rings (SSSR count). The Bertz CT molecular complexity index is 2140. The number of hydrogen-bond donors (Lipinski definition) is 4. The Labute approximate surface area is 252 Å². The van der Waals surface area contributed by atoms with Crippen LogP contribution in [0.1, 0.15) is 5.56 Å². The summed E-state index contributed by atoms with van der Waals surface area (Å²) in [6.45, 7) is 0.220. The van der Waals surface area contributed by atoms with Crippen molar-refractivity contribution in [2.45, 2.75) is 6.54 Å². The van der Waals surface area contributed by atoms with Crippen LogP contribution in [0, 0.1) is 5.82 Å². The van der Waals surface area contributed by atoms with E-state index in [-0.39, 0.29) is 19.0 Å². The molecule has 11 nitrogen and oxygen atoms in total. The number of sulfonamides is 1. The molecule has 0 spiro atoms. The number of benzene rings is 2. The highest BCUT2D eigenvalue weighted by molar-refractivity contribution is 7.88. The largest absolute Gasteiger partial charge is 0.353 e. The summed E-state index contributed by atoms with van der Waals surface area (Å²) in [6.07, 6.45) is 6.04. The van der Waals surface area contributed by atoms with Gasteiger partial charge in [0.1, 0.15) is 11.5 Å². The molecule has 44 heavy (non-hydrogen) atoms. The molecule has 0 aliphatic rings. The number of aromatic amines is 2. The van der Waals surface area contributed by atoms with Gasteiger partial charge in [0.15, 0.2) is 0 Å². The quantitative estimate of drug-likeness (QED) is 0.188. The van der Waals surface area contributed by atoms with Gasteiger partial charge in [-0.25, -0.2) is 17.5 Å². The average Bonchev–Trinajstić information content (AvgIpc) is 3.59. The van der Waals surface area contributed by atoms with Crippen LogP contribution >= 0.6 is 0 Å². The average molecular weight is 613 g/mol. The van der Waals surface area contributed by atoms with Crippen LogP contribution in [0.4, 0.5) is 10.1 Å². The fraction of sp³-hybridized carbons (Fsp3) is 0.161. The van der Waals surface area contributed by atoms with Crippen LogP contribution in [0.15, 0.2) is 73.2 Å². The molecule has 0 aliphatic carbocycles. The Balaban J connectivity index is 1.36. The molecule has 0 unspecified atom stereocenters. The molecule has 4 N–H and O–H groups in total. The maximum absolute atomic E-state index is 14.6. The molecule has 2 aromatic carbocycles. The number of nitrogens with one attached hydrogen (secondary N) is 4. The van der Waals surface area contributed by atoms with Crippen LogP contribution in [0.2, 0.25) is 0 Å². The van der Waals surface area contributed by atoms with Gasteiger partial charge in [0.05, 0.1) is 41.6 Å². The third-order valence-electron chi connectivity index (χ3n) is 6.95. The molecule has 0 radical (unpaired) electrons. The number of likely N-dealkylation sites (N-methyl/N-ethyl adjacent to an activating group) is 1. The van der Waals surface area contributed by atoms with Gasteiger partial charge in [0, 0.05) is 46.4 Å². The second kappa shape index (κ2) is 11.6. The van der Waals surface area contributed by atoms with Crippen molar-refractivity contribution in [3.8, 4) is 33.8 Å². The molecule has 13 heteroatoms. The van der Waals surface area contributed by atoms with E-state index in [0.29, 0.717) is 28.2 Å². The maximum atomic E-state index is 14.6. The lowest BCUT2D eigenvalue weighted by Gasteiger charge is -2.11. The number of hydrogen-bond acceptors (Lipinski definition) is 7. The second-order valence-corrected chi connectivity index (χ2v) is 12.7. The molecule has 0 saturated heterocycles. The predicted octanol–water partition coefficient (Wildman–Crippen LogP) is 4.52. The number of amides is 1. The summed E-state index contributed by atoms with van der Waals surface area (Å²) in [5.41, 5.74) is 6.89. The number of aromatic nitrogens is 5. The number of anilines is 1. The highest BCUT2D eigenvalue weighted by Gasteiger charge is 2.16. The lowest BCUT2D eigenvalue weighted by molar-refractivity contribution is -0.116. The summed E-state index contributed by atoms with van der Waals surface area (Å²) >= 11 is 0. The molecular weight excluding hydrogens is 583 g/mol. The van der Waals surface area contributed by atoms with Crippen molar-refractivity contribution in [1.29, 1.82) is 0 Å². The lowest BCUT2D eigenvalue weighted by Crippen LogP contribution is -2.27. The SMILES string of the molecule is CN(C)CC(=O)Nc1cncc(-c2ccc3[nH]nc(-c4cc5c(-c6cc(F)cc(CNS(C)(=O)=O)c6)nccc5[nH]4)c3c2)c1. The number of carbonyl (C=O) groups excluding carboxylic acids is 1. The first kappa shape index (κ1) is 29.1. The van der Waals surface area contributed by atoms with E-state index in [1.54, 1.807) is 29.6 Å². The number of halogens is 1. The number of rotatable bonds is 9. The monoisotopic (exact) mass is 612 g/mol. The number of fused-ring (bicyclic) bond motifs is 2. The van der Waals surface area contributed by atoms with Gasteiger partial charge < -0.3 is 15.2 Å². The number of H-pyrrole nitrogens is 2. The minimum Gasteiger partial charge on any atom is -0.353 e. The van der Waals surface area contributed by atoms with Crippen molar-refractivity contribution in [1.82, 2.24) is 34.8 Å². The Morgan fingerprint density at radius 1 is 0.932 bits per heavy atom. The van der Waals surface area contributed by atoms with Gasteiger partial charge in [0.25, 0.3) is 0 Å². The van der Waals surface area contributed by atoms with Gasteiger partial charge >= 0.3 is 0 Å². The van der Waals surface area contributed by atoms with E-state index in [2.05, 4.69) is 35.2 Å². The smallest absolute Gasteiger partial charge is 0.238 e. The van der Waals surface area contributed by atoms with Crippen LogP contribution in [0.25, 0.3) is 55.6 Å². The molecule has 6 aromatic rings. The molecule has 0 atom stereocenters. The molecule has 0 aliphatic heterocycles. The summed E-state index contributed by atoms with van der Waals surface area (Å²) in [5.74, 6) is -0.627. The van der Waals surface area contributed by atoms with Gasteiger partial charge in [0.2, 0.25) is 15.9 Å². The van der Waals surface area contributed by atoms with Gasteiger partial charge in [-0.1, -0.05) is 6.07 Å². The van der Waals surface area contributed by atoms with Gasteiger partial charge in [-0.2, -0.15) is 5.10 Å². The van der Waals surface area contributed by atoms with Gasteiger partial charge in [-0.15, -0.1) is 0 Å². The first-order valence-electron chi connectivity index (χ1n) is 13.6. The zero-order valence-corrected chi connectivity index (χ0v) is 25.0. The van der Waals surface area contributed by atoms with Crippen LogP contribution < -0.4 is 10.0 Å². The fourth-order valence-corrected chi connectivity index (χ4v) is 5.50. The highest BCUT2D eigenvalue weighted by atomic mass is 32.2. The number of carbonyl (C=O) groups is 1. The van der Waals surface area contributed by atoms with Gasteiger partial charge in [-0.3, -0.25) is 19.9 Å². The van der Waals surface area contributed by atoms with Gasteiger partial charge in [-0.05, 0) is 73.8 Å². The van der Waals surface area contributed by atoms with Crippen molar-refractivity contribution in [2.75, 3.05) is 32.2 Å². The fourth-order valence-electron chi connectivity index (χ4n) is 5.07. The Hall–Kier alpha value is -4.98. The highest BCUT2D eigenvalue weighted by Crippen LogP contribution is 2.35. The Morgan fingerprint density at radius 3 is 2.55 bits per heavy atom. The summed E-state index contributed by atoms with van der Waals surface area (Å²) in [7, 11) is 0.215. The molecule has 0 saturated carbocycles. The van der Waals surface area contributed by atoms with E-state index in [0.717, 1.165) is 44.9 Å². The van der Waals surface area contributed by atoms with Crippen LogP contribution in [0.3, 0.4) is 0 Å². The minimum atomic E-state index is -3.44. The van der Waals surface area contributed by atoms with E-state index in [1.807, 2.05) is 50.5 Å². The van der Waals surface area contributed by atoms with E-state index in [1.165, 1.54) is 12.1 Å². The third-order valence-corrected chi connectivity index (χ3v) is 7.62. The Morgan fingerprint density at radius 2 is 1.75 bits per heavy atom. The zero-order valence-electron chi connectivity index (χ0n) is 24.1. The van der Waals surface area contributed by atoms with Crippen molar-refractivity contribution in [3.05, 3.63) is 84.6 Å². The second-order valence-electron chi connectivity index (χ2n) is 10.8. The van der Waals surface area contributed by atoms with Crippen molar-refractivity contribution < 1.29 is 17.6 Å².